The zero-order chi connectivity index (χ0) is 11.8. The Bertz CT molecular complexity index is 316. The maximum atomic E-state index is 9.68. The third kappa shape index (κ3) is 5.38. The second-order valence-corrected chi connectivity index (χ2v) is 5.00. The highest BCUT2D eigenvalue weighted by Gasteiger charge is 2.00. The van der Waals surface area contributed by atoms with Crippen molar-refractivity contribution in [2.45, 2.75) is 37.7 Å². The first kappa shape index (κ1) is 13.3. The first-order chi connectivity index (χ1) is 7.72. The minimum absolute atomic E-state index is 0.335. The lowest BCUT2D eigenvalue weighted by Gasteiger charge is -2.05. The largest absolute Gasteiger partial charge is 0.388 e. The van der Waals surface area contributed by atoms with Crippen molar-refractivity contribution in [3.8, 4) is 0 Å². The molecule has 0 bridgehead atoms. The van der Waals surface area contributed by atoms with Gasteiger partial charge in [0.15, 0.2) is 0 Å². The van der Waals surface area contributed by atoms with Crippen LogP contribution in [0, 0.1) is 6.92 Å². The van der Waals surface area contributed by atoms with Gasteiger partial charge in [0.2, 0.25) is 0 Å². The Labute approximate surface area is 103 Å². The molecule has 0 saturated carbocycles. The number of aryl methyl sites for hydroxylation is 1. The fraction of sp³-hybridized carbons (Fsp3) is 0.429. The van der Waals surface area contributed by atoms with Crippen LogP contribution in [0.15, 0.2) is 41.3 Å². The Morgan fingerprint density at radius 2 is 2.00 bits per heavy atom. The number of benzene rings is 1. The van der Waals surface area contributed by atoms with E-state index in [1.54, 1.807) is 11.8 Å². The van der Waals surface area contributed by atoms with E-state index >= 15 is 0 Å². The molecule has 0 unspecified atom stereocenters. The highest BCUT2D eigenvalue weighted by molar-refractivity contribution is 7.99. The fourth-order valence-electron chi connectivity index (χ4n) is 1.29. The molecule has 0 aliphatic rings. The van der Waals surface area contributed by atoms with E-state index in [0.29, 0.717) is 0 Å². The molecule has 1 aromatic carbocycles. The Hall–Kier alpha value is -0.730. The first-order valence-electron chi connectivity index (χ1n) is 5.76. The zero-order valence-electron chi connectivity index (χ0n) is 10.0. The molecule has 0 spiro atoms. The van der Waals surface area contributed by atoms with Crippen LogP contribution in [0.3, 0.4) is 0 Å². The summed E-state index contributed by atoms with van der Waals surface area (Å²) < 4.78 is 0. The van der Waals surface area contributed by atoms with Gasteiger partial charge < -0.3 is 5.11 Å². The summed E-state index contributed by atoms with van der Waals surface area (Å²) in [6, 6.07) is 8.40. The van der Waals surface area contributed by atoms with Crippen LogP contribution < -0.4 is 0 Å². The van der Waals surface area contributed by atoms with E-state index in [-0.39, 0.29) is 6.10 Å². The lowest BCUT2D eigenvalue weighted by Crippen LogP contribution is -2.05. The van der Waals surface area contributed by atoms with E-state index < -0.39 is 0 Å². The standard InChI is InChI=1S/C14H20OS/c1-3-4-5-6-13(15)11-16-14-9-7-12(2)8-10-14/h5-10,13,15H,3-4,11H2,1-2H3/b6-5+/t13-/m0/s1. The molecule has 0 heterocycles. The average Bonchev–Trinajstić information content (AvgIpc) is 2.29. The lowest BCUT2D eigenvalue weighted by atomic mass is 10.2. The number of rotatable bonds is 6. The normalized spacial score (nSPS) is 13.2. The second-order valence-electron chi connectivity index (χ2n) is 3.91. The molecule has 88 valence electrons. The molecule has 1 N–H and O–H groups in total. The lowest BCUT2D eigenvalue weighted by molar-refractivity contribution is 0.248. The SMILES string of the molecule is CCC/C=C/[C@H](O)CSc1ccc(C)cc1. The number of allylic oxidation sites excluding steroid dienone is 1. The van der Waals surface area contributed by atoms with Crippen molar-refractivity contribution in [3.63, 3.8) is 0 Å². The van der Waals surface area contributed by atoms with Crippen LogP contribution in [0.4, 0.5) is 0 Å². The number of aliphatic hydroxyl groups is 1. The highest BCUT2D eigenvalue weighted by atomic mass is 32.2. The monoisotopic (exact) mass is 236 g/mol. The van der Waals surface area contributed by atoms with E-state index in [4.69, 9.17) is 0 Å². The molecule has 0 fully saturated rings. The van der Waals surface area contributed by atoms with Crippen molar-refractivity contribution in [3.05, 3.63) is 42.0 Å². The van der Waals surface area contributed by atoms with Crippen LogP contribution >= 0.6 is 11.8 Å². The van der Waals surface area contributed by atoms with Crippen LogP contribution in [-0.4, -0.2) is 17.0 Å². The first-order valence-corrected chi connectivity index (χ1v) is 6.75. The van der Waals surface area contributed by atoms with Crippen molar-refractivity contribution in [1.82, 2.24) is 0 Å². The maximum Gasteiger partial charge on any atom is 0.0814 e. The molecule has 0 aliphatic carbocycles. The smallest absolute Gasteiger partial charge is 0.0814 e. The molecule has 1 atom stereocenters. The van der Waals surface area contributed by atoms with Crippen molar-refractivity contribution < 1.29 is 5.11 Å². The third-order valence-electron chi connectivity index (χ3n) is 2.26. The molecule has 1 nitrogen and oxygen atoms in total. The van der Waals surface area contributed by atoms with Gasteiger partial charge in [0, 0.05) is 10.6 Å². The van der Waals surface area contributed by atoms with Crippen LogP contribution in [0.2, 0.25) is 0 Å². The van der Waals surface area contributed by atoms with Gasteiger partial charge in [-0.1, -0.05) is 43.2 Å². The molecular formula is C14H20OS. The molecule has 16 heavy (non-hydrogen) atoms. The summed E-state index contributed by atoms with van der Waals surface area (Å²) in [5, 5.41) is 9.68. The predicted octanol–water partition coefficient (Wildman–Crippen LogP) is 3.80. The van der Waals surface area contributed by atoms with E-state index in [9.17, 15) is 5.11 Å². The van der Waals surface area contributed by atoms with Gasteiger partial charge in [-0.2, -0.15) is 0 Å². The molecule has 0 radical (unpaired) electrons. The molecular weight excluding hydrogens is 216 g/mol. The molecule has 1 aromatic rings. The minimum atomic E-state index is -0.335. The minimum Gasteiger partial charge on any atom is -0.388 e. The number of aliphatic hydroxyl groups excluding tert-OH is 1. The predicted molar refractivity (Wildman–Crippen MR) is 72.0 cm³/mol. The number of unbranched alkanes of at least 4 members (excludes halogenated alkanes) is 1. The highest BCUT2D eigenvalue weighted by Crippen LogP contribution is 2.19. The summed E-state index contributed by atoms with van der Waals surface area (Å²) >= 11 is 1.69. The van der Waals surface area contributed by atoms with Crippen LogP contribution in [0.25, 0.3) is 0 Å². The van der Waals surface area contributed by atoms with E-state index in [0.717, 1.165) is 18.6 Å². The summed E-state index contributed by atoms with van der Waals surface area (Å²) in [5.41, 5.74) is 1.27. The van der Waals surface area contributed by atoms with Gasteiger partial charge in [-0.25, -0.2) is 0 Å². The Kier molecular flexibility index (Phi) is 6.27. The molecule has 0 amide bonds. The van der Waals surface area contributed by atoms with E-state index in [1.165, 1.54) is 10.5 Å². The summed E-state index contributed by atoms with van der Waals surface area (Å²) in [5.74, 6) is 0.725. The zero-order valence-corrected chi connectivity index (χ0v) is 10.8. The van der Waals surface area contributed by atoms with Crippen LogP contribution in [0.1, 0.15) is 25.3 Å². The van der Waals surface area contributed by atoms with Crippen LogP contribution in [0.5, 0.6) is 0 Å². The average molecular weight is 236 g/mol. The topological polar surface area (TPSA) is 20.2 Å². The number of hydrogen-bond acceptors (Lipinski definition) is 2. The van der Waals surface area contributed by atoms with Gasteiger partial charge in [-0.15, -0.1) is 11.8 Å². The second kappa shape index (κ2) is 7.53. The van der Waals surface area contributed by atoms with E-state index in [1.807, 2.05) is 6.08 Å². The Morgan fingerprint density at radius 3 is 2.62 bits per heavy atom. The van der Waals surface area contributed by atoms with E-state index in [2.05, 4.69) is 44.2 Å². The number of hydrogen-bond donors (Lipinski definition) is 1. The molecule has 2 heteroatoms. The quantitative estimate of drug-likeness (QED) is 0.599. The molecule has 0 saturated heterocycles. The summed E-state index contributed by atoms with van der Waals surface area (Å²) in [6.07, 6.45) is 5.80. The fourth-order valence-corrected chi connectivity index (χ4v) is 2.09. The van der Waals surface area contributed by atoms with Gasteiger partial charge in [0.05, 0.1) is 6.10 Å². The summed E-state index contributed by atoms with van der Waals surface area (Å²) in [4.78, 5) is 1.22. The molecule has 0 aromatic heterocycles. The Morgan fingerprint density at radius 1 is 1.31 bits per heavy atom. The molecule has 0 aliphatic heterocycles. The van der Waals surface area contributed by atoms with Crippen molar-refractivity contribution in [2.75, 3.05) is 5.75 Å². The Balaban J connectivity index is 2.31. The van der Waals surface area contributed by atoms with Gasteiger partial charge in [0.25, 0.3) is 0 Å². The van der Waals surface area contributed by atoms with Crippen molar-refractivity contribution >= 4 is 11.8 Å². The third-order valence-corrected chi connectivity index (χ3v) is 3.37. The summed E-state index contributed by atoms with van der Waals surface area (Å²) in [6.45, 7) is 4.22. The van der Waals surface area contributed by atoms with Crippen molar-refractivity contribution in [1.29, 1.82) is 0 Å². The van der Waals surface area contributed by atoms with Crippen molar-refractivity contribution in [2.24, 2.45) is 0 Å². The van der Waals surface area contributed by atoms with Gasteiger partial charge in [0.1, 0.15) is 0 Å². The summed E-state index contributed by atoms with van der Waals surface area (Å²) in [7, 11) is 0. The van der Waals surface area contributed by atoms with Gasteiger partial charge in [-0.05, 0) is 25.5 Å². The molecule has 1 rings (SSSR count). The van der Waals surface area contributed by atoms with Crippen LogP contribution in [-0.2, 0) is 0 Å². The maximum absolute atomic E-state index is 9.68. The number of thioether (sulfide) groups is 1. The van der Waals surface area contributed by atoms with Gasteiger partial charge in [-0.3, -0.25) is 0 Å². The van der Waals surface area contributed by atoms with Gasteiger partial charge >= 0.3 is 0 Å².